The fraction of sp³-hybridized carbons (Fsp3) is 0.846. The first kappa shape index (κ1) is 20.7. The Morgan fingerprint density at radius 1 is 1.33 bits per heavy atom. The minimum atomic E-state index is -2.24. The van der Waals surface area contributed by atoms with Gasteiger partial charge in [-0.25, -0.2) is 9.59 Å². The average Bonchev–Trinajstić information content (AvgIpc) is 2.60. The largest absolute Gasteiger partial charge is 0.467 e. The van der Waals surface area contributed by atoms with E-state index in [4.69, 9.17) is 20.3 Å². The zero-order valence-corrected chi connectivity index (χ0v) is 13.3. The van der Waals surface area contributed by atoms with Crippen molar-refractivity contribution in [3.63, 3.8) is 0 Å². The molecule has 0 aliphatic carbocycles. The normalized spacial score (nSPS) is 32.7. The van der Waals surface area contributed by atoms with Gasteiger partial charge in [-0.15, -0.1) is 0 Å². The second-order valence-corrected chi connectivity index (χ2v) is 5.28. The van der Waals surface area contributed by atoms with Gasteiger partial charge in [0, 0.05) is 6.42 Å². The molecule has 0 radical (unpaired) electrons. The summed E-state index contributed by atoms with van der Waals surface area (Å²) in [5.74, 6) is -4.13. The van der Waals surface area contributed by atoms with Crippen LogP contribution in [0.3, 0.4) is 0 Å². The van der Waals surface area contributed by atoms with Crippen LogP contribution in [0.15, 0.2) is 0 Å². The van der Waals surface area contributed by atoms with Crippen LogP contribution in [-0.4, -0.2) is 96.0 Å². The number of methoxy groups -OCH3 is 2. The lowest BCUT2D eigenvalue weighted by atomic mass is 9.89. The Morgan fingerprint density at radius 3 is 2.46 bits per heavy atom. The van der Waals surface area contributed by atoms with Crippen LogP contribution in [0.5, 0.6) is 0 Å². The highest BCUT2D eigenvalue weighted by Gasteiger charge is 2.55. The van der Waals surface area contributed by atoms with E-state index in [0.717, 1.165) is 14.2 Å². The standard InChI is InChI=1S/C13H23NO10/c1-21-8(18)5-23-13(12(20)22-2)3-6(16)9(14)11(24-13)10(19)7(17)4-15/h6-7,9-11,15-17,19H,3-5,14H2,1-2H3/t6-,7+,9+,10+,11+,13+/m0/s1. The second kappa shape index (κ2) is 8.67. The zero-order valence-electron chi connectivity index (χ0n) is 13.3. The summed E-state index contributed by atoms with van der Waals surface area (Å²) in [6, 6.07) is -1.19. The van der Waals surface area contributed by atoms with Crippen molar-refractivity contribution in [2.45, 2.75) is 42.7 Å². The second-order valence-electron chi connectivity index (χ2n) is 5.28. The molecule has 0 aromatic carbocycles. The third-order valence-electron chi connectivity index (χ3n) is 3.69. The molecule has 0 bridgehead atoms. The lowest BCUT2D eigenvalue weighted by Gasteiger charge is -2.45. The molecule has 1 saturated heterocycles. The molecule has 1 rings (SSSR count). The number of nitrogens with two attached hydrogens (primary N) is 1. The fourth-order valence-corrected chi connectivity index (χ4v) is 2.27. The van der Waals surface area contributed by atoms with Gasteiger partial charge >= 0.3 is 11.9 Å². The minimum absolute atomic E-state index is 0.476. The molecule has 11 heteroatoms. The maximum Gasteiger partial charge on any atom is 0.366 e. The third-order valence-corrected chi connectivity index (χ3v) is 3.69. The van der Waals surface area contributed by atoms with E-state index in [0.29, 0.717) is 0 Å². The first-order valence-corrected chi connectivity index (χ1v) is 7.10. The van der Waals surface area contributed by atoms with Crippen molar-refractivity contribution in [2.24, 2.45) is 5.73 Å². The van der Waals surface area contributed by atoms with Crippen LogP contribution >= 0.6 is 0 Å². The van der Waals surface area contributed by atoms with Crippen LogP contribution in [0.2, 0.25) is 0 Å². The van der Waals surface area contributed by atoms with E-state index in [9.17, 15) is 24.9 Å². The molecule has 1 aliphatic heterocycles. The highest BCUT2D eigenvalue weighted by molar-refractivity contribution is 5.79. The molecule has 1 aliphatic rings. The van der Waals surface area contributed by atoms with Gasteiger partial charge in [-0.3, -0.25) is 0 Å². The van der Waals surface area contributed by atoms with Crippen molar-refractivity contribution in [2.75, 3.05) is 27.4 Å². The Hall–Kier alpha value is -1.34. The van der Waals surface area contributed by atoms with Crippen molar-refractivity contribution in [3.8, 4) is 0 Å². The summed E-state index contributed by atoms with van der Waals surface area (Å²) in [5, 5.41) is 38.6. The average molecular weight is 353 g/mol. The molecule has 0 saturated carbocycles. The maximum atomic E-state index is 12.1. The van der Waals surface area contributed by atoms with Gasteiger partial charge in [-0.05, 0) is 0 Å². The SMILES string of the molecule is COC(=O)CO[C@]1(C(=O)OC)C[C@H](O)[C@@H](N)[C@H]([C@H](O)[C@H](O)CO)O1. The van der Waals surface area contributed by atoms with E-state index in [1.807, 2.05) is 0 Å². The van der Waals surface area contributed by atoms with Gasteiger partial charge in [-0.2, -0.15) is 0 Å². The van der Waals surface area contributed by atoms with Crippen LogP contribution in [0.4, 0.5) is 0 Å². The number of ether oxygens (including phenoxy) is 4. The summed E-state index contributed by atoms with van der Waals surface area (Å²) >= 11 is 0. The molecule has 140 valence electrons. The molecular formula is C13H23NO10. The minimum Gasteiger partial charge on any atom is -0.467 e. The van der Waals surface area contributed by atoms with E-state index in [1.54, 1.807) is 0 Å². The smallest absolute Gasteiger partial charge is 0.366 e. The molecule has 0 unspecified atom stereocenters. The Kier molecular flexibility index (Phi) is 7.48. The Morgan fingerprint density at radius 2 is 1.96 bits per heavy atom. The number of carbonyl (C=O) groups is 2. The number of aliphatic hydroxyl groups excluding tert-OH is 4. The molecule has 1 heterocycles. The number of rotatable bonds is 7. The lowest BCUT2D eigenvalue weighted by Crippen LogP contribution is -2.66. The fourth-order valence-electron chi connectivity index (χ4n) is 2.27. The zero-order chi connectivity index (χ0) is 18.5. The number of hydrogen-bond acceptors (Lipinski definition) is 11. The van der Waals surface area contributed by atoms with Crippen molar-refractivity contribution in [3.05, 3.63) is 0 Å². The van der Waals surface area contributed by atoms with Crippen LogP contribution < -0.4 is 5.73 Å². The Labute approximate surface area is 137 Å². The van der Waals surface area contributed by atoms with Gasteiger partial charge in [0.15, 0.2) is 0 Å². The molecule has 0 aromatic rings. The predicted octanol–water partition coefficient (Wildman–Crippen LogP) is -3.76. The van der Waals surface area contributed by atoms with Gasteiger partial charge in [-0.1, -0.05) is 0 Å². The summed E-state index contributed by atoms with van der Waals surface area (Å²) in [4.78, 5) is 23.3. The van der Waals surface area contributed by atoms with Gasteiger partial charge < -0.3 is 45.1 Å². The summed E-state index contributed by atoms with van der Waals surface area (Å²) in [5.41, 5.74) is 5.73. The molecule has 1 fully saturated rings. The Bertz CT molecular complexity index is 446. The molecule has 6 N–H and O–H groups in total. The molecule has 0 aromatic heterocycles. The van der Waals surface area contributed by atoms with E-state index in [2.05, 4.69) is 9.47 Å². The molecule has 24 heavy (non-hydrogen) atoms. The topological polar surface area (TPSA) is 178 Å². The van der Waals surface area contributed by atoms with Crippen molar-refractivity contribution in [1.82, 2.24) is 0 Å². The number of esters is 2. The van der Waals surface area contributed by atoms with E-state index < -0.39 is 67.8 Å². The van der Waals surface area contributed by atoms with Crippen molar-refractivity contribution in [1.29, 1.82) is 0 Å². The summed E-state index contributed by atoms with van der Waals surface area (Å²) < 4.78 is 19.5. The first-order chi connectivity index (χ1) is 11.2. The van der Waals surface area contributed by atoms with E-state index >= 15 is 0 Å². The molecule has 0 spiro atoms. The maximum absolute atomic E-state index is 12.1. The third kappa shape index (κ3) is 4.39. The van der Waals surface area contributed by atoms with Crippen molar-refractivity contribution >= 4 is 11.9 Å². The lowest BCUT2D eigenvalue weighted by molar-refractivity contribution is -0.309. The molecule has 6 atom stereocenters. The van der Waals surface area contributed by atoms with Gasteiger partial charge in [0.25, 0.3) is 5.79 Å². The summed E-state index contributed by atoms with van der Waals surface area (Å²) in [6.45, 7) is -1.50. The highest BCUT2D eigenvalue weighted by Crippen LogP contribution is 2.33. The van der Waals surface area contributed by atoms with Gasteiger partial charge in [0.2, 0.25) is 0 Å². The van der Waals surface area contributed by atoms with Crippen LogP contribution in [0, 0.1) is 0 Å². The number of carbonyl (C=O) groups excluding carboxylic acids is 2. The first-order valence-electron chi connectivity index (χ1n) is 7.10. The monoisotopic (exact) mass is 353 g/mol. The predicted molar refractivity (Wildman–Crippen MR) is 75.3 cm³/mol. The van der Waals surface area contributed by atoms with Crippen molar-refractivity contribution < 1.29 is 49.0 Å². The van der Waals surface area contributed by atoms with E-state index in [-0.39, 0.29) is 0 Å². The number of hydrogen-bond donors (Lipinski definition) is 5. The van der Waals surface area contributed by atoms with Crippen LogP contribution in [0.25, 0.3) is 0 Å². The number of aliphatic hydroxyl groups is 4. The molecular weight excluding hydrogens is 330 g/mol. The van der Waals surface area contributed by atoms with Crippen LogP contribution in [-0.2, 0) is 28.5 Å². The molecule has 11 nitrogen and oxygen atoms in total. The summed E-state index contributed by atoms with van der Waals surface area (Å²) in [6.07, 6.45) is -6.71. The molecule has 0 amide bonds. The summed E-state index contributed by atoms with van der Waals surface area (Å²) in [7, 11) is 2.14. The van der Waals surface area contributed by atoms with Gasteiger partial charge in [0.05, 0.1) is 33.0 Å². The Balaban J connectivity index is 3.09. The van der Waals surface area contributed by atoms with E-state index in [1.165, 1.54) is 0 Å². The van der Waals surface area contributed by atoms with Gasteiger partial charge in [0.1, 0.15) is 24.9 Å². The highest BCUT2D eigenvalue weighted by atomic mass is 16.7. The van der Waals surface area contributed by atoms with Crippen LogP contribution in [0.1, 0.15) is 6.42 Å². The quantitative estimate of drug-likeness (QED) is 0.284.